The Hall–Kier alpha value is -0.410. The van der Waals surface area contributed by atoms with Crippen LogP contribution in [0.4, 0.5) is 0 Å². The quantitative estimate of drug-likeness (QED) is 0.835. The van der Waals surface area contributed by atoms with Gasteiger partial charge in [0.05, 0.1) is 10.7 Å². The summed E-state index contributed by atoms with van der Waals surface area (Å²) in [6.45, 7) is 7.85. The Morgan fingerprint density at radius 1 is 1.53 bits per heavy atom. The molecule has 0 aliphatic carbocycles. The molecule has 0 saturated carbocycles. The van der Waals surface area contributed by atoms with Gasteiger partial charge in [0.1, 0.15) is 0 Å². The second-order valence-electron chi connectivity index (χ2n) is 5.37. The third kappa shape index (κ3) is 2.79. The predicted octanol–water partition coefficient (Wildman–Crippen LogP) is 2.74. The SMILES string of the molecule is CC(C)(C)c1csc(CC2CCCN2)n1. The number of hydrogen-bond donors (Lipinski definition) is 1. The van der Waals surface area contributed by atoms with Gasteiger partial charge >= 0.3 is 0 Å². The Labute approximate surface area is 96.1 Å². The van der Waals surface area contributed by atoms with Crippen LogP contribution in [0.3, 0.4) is 0 Å². The van der Waals surface area contributed by atoms with E-state index in [1.807, 2.05) is 11.3 Å². The Kier molecular flexibility index (Phi) is 3.12. The molecule has 1 aromatic heterocycles. The van der Waals surface area contributed by atoms with Crippen LogP contribution < -0.4 is 5.32 Å². The molecule has 0 spiro atoms. The molecule has 1 aliphatic rings. The molecule has 1 aromatic rings. The minimum absolute atomic E-state index is 0.192. The first-order valence-electron chi connectivity index (χ1n) is 5.74. The first kappa shape index (κ1) is 11.1. The van der Waals surface area contributed by atoms with Gasteiger partial charge in [-0.3, -0.25) is 0 Å². The lowest BCUT2D eigenvalue weighted by Crippen LogP contribution is -2.23. The summed E-state index contributed by atoms with van der Waals surface area (Å²) in [5.74, 6) is 0. The second-order valence-corrected chi connectivity index (χ2v) is 6.32. The molecule has 0 bridgehead atoms. The summed E-state index contributed by atoms with van der Waals surface area (Å²) in [5.41, 5.74) is 1.43. The molecule has 1 fully saturated rings. The highest BCUT2D eigenvalue weighted by Gasteiger charge is 2.20. The molecule has 1 aliphatic heterocycles. The van der Waals surface area contributed by atoms with E-state index < -0.39 is 0 Å². The van der Waals surface area contributed by atoms with Gasteiger partial charge in [-0.15, -0.1) is 11.3 Å². The maximum absolute atomic E-state index is 4.72. The Bertz CT molecular complexity index is 319. The van der Waals surface area contributed by atoms with Crippen molar-refractivity contribution in [2.45, 2.75) is 51.5 Å². The van der Waals surface area contributed by atoms with E-state index in [9.17, 15) is 0 Å². The van der Waals surface area contributed by atoms with Gasteiger partial charge in [-0.2, -0.15) is 0 Å². The van der Waals surface area contributed by atoms with E-state index in [1.165, 1.54) is 30.1 Å². The van der Waals surface area contributed by atoms with E-state index in [-0.39, 0.29) is 5.41 Å². The fraction of sp³-hybridized carbons (Fsp3) is 0.750. The Morgan fingerprint density at radius 2 is 2.33 bits per heavy atom. The number of thiazole rings is 1. The number of nitrogens with one attached hydrogen (secondary N) is 1. The normalized spacial score (nSPS) is 22.2. The van der Waals surface area contributed by atoms with Crippen molar-refractivity contribution in [3.05, 3.63) is 16.1 Å². The largest absolute Gasteiger partial charge is 0.314 e. The van der Waals surface area contributed by atoms with Crippen molar-refractivity contribution in [3.8, 4) is 0 Å². The summed E-state index contributed by atoms with van der Waals surface area (Å²) in [6.07, 6.45) is 3.74. The van der Waals surface area contributed by atoms with Crippen molar-refractivity contribution in [1.29, 1.82) is 0 Å². The van der Waals surface area contributed by atoms with Crippen molar-refractivity contribution in [2.75, 3.05) is 6.54 Å². The van der Waals surface area contributed by atoms with Crippen LogP contribution in [0, 0.1) is 0 Å². The number of hydrogen-bond acceptors (Lipinski definition) is 3. The molecular weight excluding hydrogens is 204 g/mol. The van der Waals surface area contributed by atoms with E-state index in [0.29, 0.717) is 6.04 Å². The van der Waals surface area contributed by atoms with Gasteiger partial charge < -0.3 is 5.32 Å². The molecule has 0 aromatic carbocycles. The van der Waals surface area contributed by atoms with Gasteiger partial charge in [0.15, 0.2) is 0 Å². The van der Waals surface area contributed by atoms with Gasteiger partial charge in [0.25, 0.3) is 0 Å². The molecule has 2 nitrogen and oxygen atoms in total. The Balaban J connectivity index is 2.00. The zero-order chi connectivity index (χ0) is 10.9. The zero-order valence-electron chi connectivity index (χ0n) is 9.84. The summed E-state index contributed by atoms with van der Waals surface area (Å²) in [4.78, 5) is 4.72. The van der Waals surface area contributed by atoms with Crippen LogP contribution in [0.25, 0.3) is 0 Å². The van der Waals surface area contributed by atoms with Gasteiger partial charge in [0, 0.05) is 23.3 Å². The summed E-state index contributed by atoms with van der Waals surface area (Å²) in [6, 6.07) is 0.670. The molecule has 2 heterocycles. The first-order chi connectivity index (χ1) is 7.05. The highest BCUT2D eigenvalue weighted by molar-refractivity contribution is 7.09. The summed E-state index contributed by atoms with van der Waals surface area (Å²) < 4.78 is 0. The molecule has 1 N–H and O–H groups in total. The molecule has 1 unspecified atom stereocenters. The van der Waals surface area contributed by atoms with Gasteiger partial charge in [0.2, 0.25) is 0 Å². The highest BCUT2D eigenvalue weighted by atomic mass is 32.1. The third-order valence-corrected chi connectivity index (χ3v) is 3.77. The monoisotopic (exact) mass is 224 g/mol. The van der Waals surface area contributed by atoms with Crippen molar-refractivity contribution in [3.63, 3.8) is 0 Å². The van der Waals surface area contributed by atoms with Crippen LogP contribution in [0.1, 0.15) is 44.3 Å². The fourth-order valence-electron chi connectivity index (χ4n) is 1.89. The lowest BCUT2D eigenvalue weighted by Gasteiger charge is -2.14. The molecule has 15 heavy (non-hydrogen) atoms. The summed E-state index contributed by atoms with van der Waals surface area (Å²) >= 11 is 1.81. The molecule has 1 atom stereocenters. The van der Waals surface area contributed by atoms with E-state index in [2.05, 4.69) is 31.5 Å². The summed E-state index contributed by atoms with van der Waals surface area (Å²) in [5, 5.41) is 7.02. The number of nitrogens with zero attached hydrogens (tertiary/aromatic N) is 1. The van der Waals surface area contributed by atoms with Crippen molar-refractivity contribution >= 4 is 11.3 Å². The average Bonchev–Trinajstić information content (AvgIpc) is 2.73. The minimum Gasteiger partial charge on any atom is -0.314 e. The molecule has 0 radical (unpaired) electrons. The zero-order valence-corrected chi connectivity index (χ0v) is 10.7. The van der Waals surface area contributed by atoms with Crippen LogP contribution in [-0.4, -0.2) is 17.6 Å². The molecule has 84 valence electrons. The van der Waals surface area contributed by atoms with Crippen LogP contribution in [0.2, 0.25) is 0 Å². The molecule has 2 rings (SSSR count). The standard InChI is InChI=1S/C12H20N2S/c1-12(2,3)10-8-15-11(14-10)7-9-5-4-6-13-9/h8-9,13H,4-7H2,1-3H3. The molecule has 0 amide bonds. The van der Waals surface area contributed by atoms with Crippen LogP contribution in [0.15, 0.2) is 5.38 Å². The van der Waals surface area contributed by atoms with E-state index in [1.54, 1.807) is 0 Å². The highest BCUT2D eigenvalue weighted by Crippen LogP contribution is 2.25. The number of rotatable bonds is 2. The van der Waals surface area contributed by atoms with E-state index >= 15 is 0 Å². The van der Waals surface area contributed by atoms with Gasteiger partial charge in [-0.1, -0.05) is 20.8 Å². The molecule has 1 saturated heterocycles. The number of aromatic nitrogens is 1. The van der Waals surface area contributed by atoms with Crippen molar-refractivity contribution in [2.24, 2.45) is 0 Å². The third-order valence-electron chi connectivity index (χ3n) is 2.90. The smallest absolute Gasteiger partial charge is 0.0944 e. The van der Waals surface area contributed by atoms with Crippen LogP contribution in [0.5, 0.6) is 0 Å². The summed E-state index contributed by atoms with van der Waals surface area (Å²) in [7, 11) is 0. The molecule has 3 heteroatoms. The van der Waals surface area contributed by atoms with Crippen LogP contribution >= 0.6 is 11.3 Å². The fourth-order valence-corrected chi connectivity index (χ4v) is 2.99. The van der Waals surface area contributed by atoms with Crippen molar-refractivity contribution in [1.82, 2.24) is 10.3 Å². The first-order valence-corrected chi connectivity index (χ1v) is 6.62. The predicted molar refractivity (Wildman–Crippen MR) is 65.5 cm³/mol. The maximum Gasteiger partial charge on any atom is 0.0944 e. The van der Waals surface area contributed by atoms with E-state index in [4.69, 9.17) is 4.98 Å². The second kappa shape index (κ2) is 4.22. The topological polar surface area (TPSA) is 24.9 Å². The Morgan fingerprint density at radius 3 is 2.87 bits per heavy atom. The lowest BCUT2D eigenvalue weighted by atomic mass is 9.93. The average molecular weight is 224 g/mol. The van der Waals surface area contributed by atoms with Gasteiger partial charge in [-0.05, 0) is 19.4 Å². The van der Waals surface area contributed by atoms with Crippen LogP contribution in [-0.2, 0) is 11.8 Å². The van der Waals surface area contributed by atoms with E-state index in [0.717, 1.165) is 6.42 Å². The lowest BCUT2D eigenvalue weighted by molar-refractivity contribution is 0.562. The molecular formula is C12H20N2S. The van der Waals surface area contributed by atoms with Crippen molar-refractivity contribution < 1.29 is 0 Å². The maximum atomic E-state index is 4.72. The minimum atomic E-state index is 0.192. The van der Waals surface area contributed by atoms with Gasteiger partial charge in [-0.25, -0.2) is 4.98 Å².